The van der Waals surface area contributed by atoms with Gasteiger partial charge in [0.15, 0.2) is 5.01 Å². The van der Waals surface area contributed by atoms with Crippen molar-refractivity contribution in [2.45, 2.75) is 19.4 Å². The fourth-order valence-corrected chi connectivity index (χ4v) is 1.83. The Kier molecular flexibility index (Phi) is 4.19. The summed E-state index contributed by atoms with van der Waals surface area (Å²) < 4.78 is 4.93. The number of nitrogens with zero attached hydrogens (tertiary/aromatic N) is 1. The summed E-state index contributed by atoms with van der Waals surface area (Å²) in [6.07, 6.45) is 0.289. The molecule has 0 aliphatic rings. The first-order valence-electron chi connectivity index (χ1n) is 4.40. The summed E-state index contributed by atoms with van der Waals surface area (Å²) in [5.41, 5.74) is 6.27. The second-order valence-electron chi connectivity index (χ2n) is 2.92. The van der Waals surface area contributed by atoms with E-state index in [0.717, 1.165) is 5.69 Å². The van der Waals surface area contributed by atoms with E-state index in [2.05, 4.69) is 4.98 Å². The molecule has 4 nitrogen and oxygen atoms in total. The van der Waals surface area contributed by atoms with Crippen molar-refractivity contribution in [3.05, 3.63) is 16.1 Å². The largest absolute Gasteiger partial charge is 0.373 e. The van der Waals surface area contributed by atoms with Gasteiger partial charge in [-0.2, -0.15) is 0 Å². The fraction of sp³-hybridized carbons (Fsp3) is 0.556. The number of methoxy groups -OCH3 is 1. The molecule has 0 amide bonds. The van der Waals surface area contributed by atoms with E-state index >= 15 is 0 Å². The van der Waals surface area contributed by atoms with Gasteiger partial charge in [-0.25, -0.2) is 4.98 Å². The second kappa shape index (κ2) is 5.19. The van der Waals surface area contributed by atoms with Crippen LogP contribution >= 0.6 is 11.3 Å². The van der Waals surface area contributed by atoms with Crippen LogP contribution in [-0.4, -0.2) is 30.5 Å². The number of carbonyl (C=O) groups is 1. The van der Waals surface area contributed by atoms with Crippen LogP contribution in [0.25, 0.3) is 0 Å². The van der Waals surface area contributed by atoms with E-state index in [1.165, 1.54) is 18.4 Å². The summed E-state index contributed by atoms with van der Waals surface area (Å²) in [6, 6.07) is 0. The lowest BCUT2D eigenvalue weighted by molar-refractivity contribution is 0.0655. The molecular weight excluding hydrogens is 200 g/mol. The van der Waals surface area contributed by atoms with Gasteiger partial charge in [-0.05, 0) is 13.5 Å². The van der Waals surface area contributed by atoms with E-state index in [-0.39, 0.29) is 5.78 Å². The number of aromatic nitrogens is 1. The molecule has 0 fully saturated rings. The lowest BCUT2D eigenvalue weighted by atomic mass is 10.2. The van der Waals surface area contributed by atoms with Gasteiger partial charge in [-0.3, -0.25) is 4.79 Å². The predicted molar refractivity (Wildman–Crippen MR) is 55.7 cm³/mol. The van der Waals surface area contributed by atoms with Crippen LogP contribution in [0.4, 0.5) is 0 Å². The Morgan fingerprint density at radius 2 is 2.50 bits per heavy atom. The number of rotatable bonds is 5. The summed E-state index contributed by atoms with van der Waals surface area (Å²) >= 11 is 1.35. The third-order valence-corrected chi connectivity index (χ3v) is 2.79. The maximum absolute atomic E-state index is 11.6. The molecule has 1 aromatic heterocycles. The zero-order valence-electron chi connectivity index (χ0n) is 8.32. The summed E-state index contributed by atoms with van der Waals surface area (Å²) in [4.78, 5) is 15.8. The van der Waals surface area contributed by atoms with E-state index in [1.807, 2.05) is 5.38 Å². The van der Waals surface area contributed by atoms with Gasteiger partial charge >= 0.3 is 0 Å². The SMILES string of the molecule is COC(C)C(=O)c1nc(CCN)cs1. The molecule has 0 bridgehead atoms. The molecule has 0 radical (unpaired) electrons. The number of nitrogens with two attached hydrogens (primary N) is 1. The molecule has 14 heavy (non-hydrogen) atoms. The zero-order valence-corrected chi connectivity index (χ0v) is 9.13. The Bertz CT molecular complexity index is 312. The quantitative estimate of drug-likeness (QED) is 0.738. The van der Waals surface area contributed by atoms with Crippen molar-refractivity contribution in [1.29, 1.82) is 0 Å². The average molecular weight is 214 g/mol. The van der Waals surface area contributed by atoms with Crippen LogP contribution in [0.1, 0.15) is 22.4 Å². The van der Waals surface area contributed by atoms with Crippen molar-refractivity contribution < 1.29 is 9.53 Å². The van der Waals surface area contributed by atoms with Crippen molar-refractivity contribution >= 4 is 17.1 Å². The normalized spacial score (nSPS) is 12.8. The first-order chi connectivity index (χ1) is 6.69. The second-order valence-corrected chi connectivity index (χ2v) is 3.78. The first-order valence-corrected chi connectivity index (χ1v) is 5.28. The molecule has 0 saturated heterocycles. The smallest absolute Gasteiger partial charge is 0.219 e. The third kappa shape index (κ3) is 2.60. The number of ketones is 1. The Hall–Kier alpha value is -0.780. The fourth-order valence-electron chi connectivity index (χ4n) is 0.964. The number of thiazole rings is 1. The Morgan fingerprint density at radius 3 is 3.07 bits per heavy atom. The number of Topliss-reactive ketones (excluding diaryl/α,β-unsaturated/α-hetero) is 1. The molecule has 0 spiro atoms. The number of ether oxygens (including phenoxy) is 1. The van der Waals surface area contributed by atoms with Crippen LogP contribution in [0, 0.1) is 0 Å². The van der Waals surface area contributed by atoms with Gasteiger partial charge in [0.1, 0.15) is 6.10 Å². The number of hydrogen-bond donors (Lipinski definition) is 1. The van der Waals surface area contributed by atoms with E-state index < -0.39 is 6.10 Å². The van der Waals surface area contributed by atoms with Crippen LogP contribution in [0.5, 0.6) is 0 Å². The highest BCUT2D eigenvalue weighted by Crippen LogP contribution is 2.13. The summed E-state index contributed by atoms with van der Waals surface area (Å²) in [7, 11) is 1.51. The molecule has 0 aliphatic carbocycles. The third-order valence-electron chi connectivity index (χ3n) is 1.89. The van der Waals surface area contributed by atoms with Crippen molar-refractivity contribution in [2.75, 3.05) is 13.7 Å². The minimum absolute atomic E-state index is 0.0687. The maximum atomic E-state index is 11.6. The molecule has 1 aromatic rings. The Morgan fingerprint density at radius 1 is 1.79 bits per heavy atom. The Balaban J connectivity index is 2.71. The molecule has 1 rings (SSSR count). The van der Waals surface area contributed by atoms with Gasteiger partial charge < -0.3 is 10.5 Å². The van der Waals surface area contributed by atoms with Crippen LogP contribution in [0.15, 0.2) is 5.38 Å². The van der Waals surface area contributed by atoms with Crippen molar-refractivity contribution in [1.82, 2.24) is 4.98 Å². The van der Waals surface area contributed by atoms with Gasteiger partial charge in [0.2, 0.25) is 5.78 Å². The summed E-state index contributed by atoms with van der Waals surface area (Å²) in [6.45, 7) is 2.27. The van der Waals surface area contributed by atoms with Gasteiger partial charge in [0.05, 0.1) is 5.69 Å². The molecule has 1 atom stereocenters. The molecule has 5 heteroatoms. The molecule has 2 N–H and O–H groups in total. The van der Waals surface area contributed by atoms with E-state index in [4.69, 9.17) is 10.5 Å². The topological polar surface area (TPSA) is 65.2 Å². The van der Waals surface area contributed by atoms with E-state index in [9.17, 15) is 4.79 Å². The highest BCUT2D eigenvalue weighted by Gasteiger charge is 2.17. The first kappa shape index (κ1) is 11.3. The molecule has 1 heterocycles. The Labute approximate surface area is 87.1 Å². The van der Waals surface area contributed by atoms with Gasteiger partial charge in [0.25, 0.3) is 0 Å². The monoisotopic (exact) mass is 214 g/mol. The maximum Gasteiger partial charge on any atom is 0.219 e. The standard InChI is InChI=1S/C9H14N2O2S/c1-6(13-2)8(12)9-11-7(3-4-10)5-14-9/h5-6H,3-4,10H2,1-2H3. The predicted octanol–water partition coefficient (Wildman–Crippen LogP) is 0.862. The minimum atomic E-state index is -0.424. The molecule has 78 valence electrons. The van der Waals surface area contributed by atoms with Gasteiger partial charge in [-0.15, -0.1) is 11.3 Å². The average Bonchev–Trinajstić information content (AvgIpc) is 2.64. The van der Waals surface area contributed by atoms with Gasteiger partial charge in [-0.1, -0.05) is 0 Å². The van der Waals surface area contributed by atoms with Crippen LogP contribution in [0.2, 0.25) is 0 Å². The van der Waals surface area contributed by atoms with Crippen LogP contribution in [0.3, 0.4) is 0 Å². The highest BCUT2D eigenvalue weighted by atomic mass is 32.1. The van der Waals surface area contributed by atoms with Crippen LogP contribution in [-0.2, 0) is 11.2 Å². The molecule has 1 unspecified atom stereocenters. The summed E-state index contributed by atoms with van der Waals surface area (Å²) in [5, 5.41) is 2.37. The van der Waals surface area contributed by atoms with Crippen molar-refractivity contribution in [3.8, 4) is 0 Å². The molecule has 0 aliphatic heterocycles. The van der Waals surface area contributed by atoms with E-state index in [1.54, 1.807) is 6.92 Å². The van der Waals surface area contributed by atoms with Crippen LogP contribution < -0.4 is 5.73 Å². The number of carbonyl (C=O) groups excluding carboxylic acids is 1. The lowest BCUT2D eigenvalue weighted by Gasteiger charge is -2.04. The molecular formula is C9H14N2O2S. The van der Waals surface area contributed by atoms with E-state index in [0.29, 0.717) is 18.0 Å². The zero-order chi connectivity index (χ0) is 10.6. The van der Waals surface area contributed by atoms with Crippen molar-refractivity contribution in [3.63, 3.8) is 0 Å². The molecule has 0 aromatic carbocycles. The van der Waals surface area contributed by atoms with Crippen molar-refractivity contribution in [2.24, 2.45) is 5.73 Å². The molecule has 0 saturated carbocycles. The lowest BCUT2D eigenvalue weighted by Crippen LogP contribution is -2.19. The number of hydrogen-bond acceptors (Lipinski definition) is 5. The van der Waals surface area contributed by atoms with Gasteiger partial charge in [0, 0.05) is 18.9 Å². The highest BCUT2D eigenvalue weighted by molar-refractivity contribution is 7.11. The minimum Gasteiger partial charge on any atom is -0.373 e. The summed E-state index contributed by atoms with van der Waals surface area (Å²) in [5.74, 6) is -0.0687.